The average Bonchev–Trinajstić information content (AvgIpc) is 3.19. The summed E-state index contributed by atoms with van der Waals surface area (Å²) in [4.78, 5) is 5.89. The van der Waals surface area contributed by atoms with Gasteiger partial charge < -0.3 is 4.98 Å². The van der Waals surface area contributed by atoms with Gasteiger partial charge in [-0.1, -0.05) is 18.2 Å². The van der Waals surface area contributed by atoms with Gasteiger partial charge in [0.15, 0.2) is 0 Å². The molecule has 0 radical (unpaired) electrons. The Kier molecular flexibility index (Phi) is 2.81. The SMILES string of the molecule is c1ccc2c(CN3CC[C@@H](c4ccn[nH]4)C3)c[nH]c2c1. The van der Waals surface area contributed by atoms with Gasteiger partial charge in [0.1, 0.15) is 0 Å². The standard InChI is InChI=1S/C16H18N4/c1-2-4-16-14(3-1)13(9-17-16)11-20-8-6-12(10-20)15-5-7-18-19-15/h1-5,7,9,12,17H,6,8,10-11H2,(H,18,19)/t12-/m1/s1. The predicted octanol–water partition coefficient (Wildman–Crippen LogP) is 2.88. The first kappa shape index (κ1) is 11.7. The molecule has 1 saturated heterocycles. The summed E-state index contributed by atoms with van der Waals surface area (Å²) >= 11 is 0. The van der Waals surface area contributed by atoms with Crippen LogP contribution in [-0.4, -0.2) is 33.2 Å². The number of aromatic nitrogens is 3. The van der Waals surface area contributed by atoms with E-state index in [2.05, 4.69) is 56.6 Å². The van der Waals surface area contributed by atoms with Crippen molar-refractivity contribution in [2.45, 2.75) is 18.9 Å². The first-order valence-corrected chi connectivity index (χ1v) is 7.17. The third-order valence-corrected chi connectivity index (χ3v) is 4.30. The molecular formula is C16H18N4. The van der Waals surface area contributed by atoms with Crippen LogP contribution in [0.5, 0.6) is 0 Å². The second-order valence-electron chi connectivity index (χ2n) is 5.59. The number of likely N-dealkylation sites (tertiary alicyclic amines) is 1. The summed E-state index contributed by atoms with van der Waals surface area (Å²) < 4.78 is 0. The normalized spacial score (nSPS) is 19.9. The summed E-state index contributed by atoms with van der Waals surface area (Å²) in [6, 6.07) is 10.6. The quantitative estimate of drug-likeness (QED) is 0.765. The monoisotopic (exact) mass is 266 g/mol. The minimum atomic E-state index is 0.600. The maximum absolute atomic E-state index is 4.06. The van der Waals surface area contributed by atoms with E-state index in [0.29, 0.717) is 5.92 Å². The van der Waals surface area contributed by atoms with Crippen molar-refractivity contribution >= 4 is 10.9 Å². The molecule has 102 valence electrons. The van der Waals surface area contributed by atoms with Crippen molar-refractivity contribution in [3.63, 3.8) is 0 Å². The van der Waals surface area contributed by atoms with Gasteiger partial charge in [0, 0.05) is 48.0 Å². The minimum absolute atomic E-state index is 0.600. The van der Waals surface area contributed by atoms with Gasteiger partial charge in [-0.05, 0) is 30.7 Å². The van der Waals surface area contributed by atoms with Crippen molar-refractivity contribution in [3.05, 3.63) is 54.0 Å². The van der Waals surface area contributed by atoms with Crippen LogP contribution in [0.1, 0.15) is 23.6 Å². The number of rotatable bonds is 3. The van der Waals surface area contributed by atoms with E-state index < -0.39 is 0 Å². The molecule has 1 aromatic carbocycles. The van der Waals surface area contributed by atoms with Crippen molar-refractivity contribution in [2.75, 3.05) is 13.1 Å². The Hall–Kier alpha value is -2.07. The second kappa shape index (κ2) is 4.80. The molecule has 0 bridgehead atoms. The van der Waals surface area contributed by atoms with Crippen LogP contribution >= 0.6 is 0 Å². The summed E-state index contributed by atoms with van der Waals surface area (Å²) in [5.74, 6) is 0.600. The molecule has 1 aliphatic rings. The highest BCUT2D eigenvalue weighted by Crippen LogP contribution is 2.28. The van der Waals surface area contributed by atoms with E-state index in [1.165, 1.54) is 28.6 Å². The molecule has 3 aromatic rings. The lowest BCUT2D eigenvalue weighted by Gasteiger charge is -2.15. The van der Waals surface area contributed by atoms with E-state index in [0.717, 1.165) is 19.6 Å². The van der Waals surface area contributed by atoms with Crippen LogP contribution in [0.2, 0.25) is 0 Å². The molecule has 1 fully saturated rings. The molecule has 0 saturated carbocycles. The fraction of sp³-hybridized carbons (Fsp3) is 0.312. The molecule has 2 N–H and O–H groups in total. The molecule has 4 nitrogen and oxygen atoms in total. The number of nitrogens with one attached hydrogen (secondary N) is 2. The maximum atomic E-state index is 4.06. The van der Waals surface area contributed by atoms with Crippen LogP contribution in [0, 0.1) is 0 Å². The molecule has 0 spiro atoms. The fourth-order valence-electron chi connectivity index (χ4n) is 3.23. The zero-order valence-electron chi connectivity index (χ0n) is 11.3. The van der Waals surface area contributed by atoms with E-state index in [-0.39, 0.29) is 0 Å². The highest BCUT2D eigenvalue weighted by molar-refractivity contribution is 5.82. The number of nitrogens with zero attached hydrogens (tertiary/aromatic N) is 2. The van der Waals surface area contributed by atoms with Gasteiger partial charge in [-0.3, -0.25) is 10.00 Å². The Morgan fingerprint density at radius 2 is 2.20 bits per heavy atom. The van der Waals surface area contributed by atoms with E-state index in [4.69, 9.17) is 0 Å². The van der Waals surface area contributed by atoms with Gasteiger partial charge in [-0.2, -0.15) is 5.10 Å². The zero-order chi connectivity index (χ0) is 13.4. The van der Waals surface area contributed by atoms with E-state index in [1.807, 2.05) is 6.20 Å². The summed E-state index contributed by atoms with van der Waals surface area (Å²) in [7, 11) is 0. The van der Waals surface area contributed by atoms with Gasteiger partial charge in [0.2, 0.25) is 0 Å². The maximum Gasteiger partial charge on any atom is 0.0490 e. The van der Waals surface area contributed by atoms with Crippen molar-refractivity contribution in [1.29, 1.82) is 0 Å². The predicted molar refractivity (Wildman–Crippen MR) is 79.5 cm³/mol. The Bertz CT molecular complexity index is 698. The molecule has 3 heterocycles. The summed E-state index contributed by atoms with van der Waals surface area (Å²) in [5.41, 5.74) is 3.89. The van der Waals surface area contributed by atoms with Gasteiger partial charge in [-0.25, -0.2) is 0 Å². The molecule has 1 aliphatic heterocycles. The third kappa shape index (κ3) is 2.02. The summed E-state index contributed by atoms with van der Waals surface area (Å²) in [6.45, 7) is 3.29. The smallest absolute Gasteiger partial charge is 0.0490 e. The van der Waals surface area contributed by atoms with Crippen LogP contribution in [0.25, 0.3) is 10.9 Å². The van der Waals surface area contributed by atoms with Crippen molar-refractivity contribution < 1.29 is 0 Å². The fourth-order valence-corrected chi connectivity index (χ4v) is 3.23. The summed E-state index contributed by atoms with van der Waals surface area (Å²) in [6.07, 6.45) is 5.20. The largest absolute Gasteiger partial charge is 0.361 e. The molecule has 2 aromatic heterocycles. The number of H-pyrrole nitrogens is 2. The minimum Gasteiger partial charge on any atom is -0.361 e. The van der Waals surface area contributed by atoms with Crippen LogP contribution in [0.3, 0.4) is 0 Å². The van der Waals surface area contributed by atoms with Crippen molar-refractivity contribution in [2.24, 2.45) is 0 Å². The number of benzene rings is 1. The van der Waals surface area contributed by atoms with Crippen LogP contribution in [-0.2, 0) is 6.54 Å². The van der Waals surface area contributed by atoms with Crippen LogP contribution in [0.15, 0.2) is 42.7 Å². The Morgan fingerprint density at radius 3 is 3.10 bits per heavy atom. The molecule has 4 rings (SSSR count). The number of hydrogen-bond donors (Lipinski definition) is 2. The molecule has 20 heavy (non-hydrogen) atoms. The van der Waals surface area contributed by atoms with Crippen molar-refractivity contribution in [3.8, 4) is 0 Å². The lowest BCUT2D eigenvalue weighted by Crippen LogP contribution is -2.19. The third-order valence-electron chi connectivity index (χ3n) is 4.30. The molecule has 0 aliphatic carbocycles. The van der Waals surface area contributed by atoms with E-state index >= 15 is 0 Å². The highest BCUT2D eigenvalue weighted by atomic mass is 15.2. The van der Waals surface area contributed by atoms with E-state index in [1.54, 1.807) is 0 Å². The average molecular weight is 266 g/mol. The lowest BCUT2D eigenvalue weighted by molar-refractivity contribution is 0.327. The molecule has 4 heteroatoms. The highest BCUT2D eigenvalue weighted by Gasteiger charge is 2.25. The molecule has 0 unspecified atom stereocenters. The van der Waals surface area contributed by atoms with Gasteiger partial charge >= 0.3 is 0 Å². The number of para-hydroxylation sites is 1. The van der Waals surface area contributed by atoms with Gasteiger partial charge in [-0.15, -0.1) is 0 Å². The molecule has 1 atom stereocenters. The van der Waals surface area contributed by atoms with Gasteiger partial charge in [0.05, 0.1) is 0 Å². The topological polar surface area (TPSA) is 47.7 Å². The Labute approximate surface area is 117 Å². The molecule has 0 amide bonds. The summed E-state index contributed by atoms with van der Waals surface area (Å²) in [5, 5.41) is 8.51. The van der Waals surface area contributed by atoms with Crippen LogP contribution in [0.4, 0.5) is 0 Å². The Morgan fingerprint density at radius 1 is 1.25 bits per heavy atom. The van der Waals surface area contributed by atoms with Crippen LogP contribution < -0.4 is 0 Å². The first-order valence-electron chi connectivity index (χ1n) is 7.17. The second-order valence-corrected chi connectivity index (χ2v) is 5.59. The number of fused-ring (bicyclic) bond motifs is 1. The Balaban J connectivity index is 1.50. The van der Waals surface area contributed by atoms with Gasteiger partial charge in [0.25, 0.3) is 0 Å². The molecular weight excluding hydrogens is 248 g/mol. The number of hydrogen-bond acceptors (Lipinski definition) is 2. The first-order chi connectivity index (χ1) is 9.90. The van der Waals surface area contributed by atoms with Crippen molar-refractivity contribution in [1.82, 2.24) is 20.1 Å². The lowest BCUT2D eigenvalue weighted by atomic mass is 10.1. The number of aromatic amines is 2. The zero-order valence-corrected chi connectivity index (χ0v) is 11.3. The van der Waals surface area contributed by atoms with E-state index in [9.17, 15) is 0 Å².